The van der Waals surface area contributed by atoms with E-state index >= 15 is 0 Å². The molecule has 9 nitrogen and oxygen atoms in total. The maximum atomic E-state index is 13.3. The Morgan fingerprint density at radius 3 is 2.86 bits per heavy atom. The van der Waals surface area contributed by atoms with Gasteiger partial charge in [0.2, 0.25) is 5.91 Å². The first-order valence-corrected chi connectivity index (χ1v) is 13.9. The van der Waals surface area contributed by atoms with Gasteiger partial charge in [-0.25, -0.2) is 9.97 Å². The molecule has 2 saturated heterocycles. The van der Waals surface area contributed by atoms with Gasteiger partial charge in [-0.1, -0.05) is 36.5 Å². The van der Waals surface area contributed by atoms with Crippen molar-refractivity contribution in [2.24, 2.45) is 10.3 Å². The fraction of sp³-hybridized carbons (Fsp3) is 0.577. The zero-order chi connectivity index (χ0) is 24.7. The molecule has 0 aromatic carbocycles. The molecule has 3 atom stereocenters. The van der Waals surface area contributed by atoms with Gasteiger partial charge in [-0.05, 0) is 38.8 Å². The van der Waals surface area contributed by atoms with Crippen LogP contribution < -0.4 is 4.90 Å². The van der Waals surface area contributed by atoms with E-state index in [1.807, 2.05) is 4.90 Å². The number of aromatic nitrogens is 2. The van der Waals surface area contributed by atoms with Crippen LogP contribution in [0.3, 0.4) is 0 Å². The number of allylic oxidation sites excluding steroid dienone is 2. The number of anilines is 1. The summed E-state index contributed by atoms with van der Waals surface area (Å²) in [4.78, 5) is 31.4. The first-order valence-electron chi connectivity index (χ1n) is 13.1. The molecule has 36 heavy (non-hydrogen) atoms. The second-order valence-electron chi connectivity index (χ2n) is 10.3. The van der Waals surface area contributed by atoms with Crippen molar-refractivity contribution >= 4 is 33.3 Å². The standard InChI is InChI=1S/C26H34N8OS/c1-3-20-15-21-24(27-18-28-25(21)36-20)32-13-11-31(12-14-32)23(35)17-33-10-6-7-19(33)16-34-22-8-4-5-9-26(22,2)29-30-34/h4-5,8-9,15,18-19,22H,3,6-7,10-14,16-17H2,1-2H3/t19-,22?,26?/m0/s1. The van der Waals surface area contributed by atoms with Crippen LogP contribution in [0.4, 0.5) is 5.82 Å². The van der Waals surface area contributed by atoms with E-state index in [4.69, 9.17) is 0 Å². The number of aryl methyl sites for hydroxylation is 1. The van der Waals surface area contributed by atoms with Crippen LogP contribution in [0.2, 0.25) is 0 Å². The van der Waals surface area contributed by atoms with Gasteiger partial charge >= 0.3 is 0 Å². The molecule has 0 radical (unpaired) electrons. The number of fused-ring (bicyclic) bond motifs is 2. The molecule has 1 aliphatic carbocycles. The Balaban J connectivity index is 1.05. The lowest BCUT2D eigenvalue weighted by Gasteiger charge is -2.37. The van der Waals surface area contributed by atoms with Crippen LogP contribution >= 0.6 is 11.3 Å². The molecule has 10 heteroatoms. The van der Waals surface area contributed by atoms with Gasteiger partial charge in [0.15, 0.2) is 0 Å². The molecule has 2 unspecified atom stereocenters. The molecular weight excluding hydrogens is 472 g/mol. The Kier molecular flexibility index (Phi) is 6.25. The predicted octanol–water partition coefficient (Wildman–Crippen LogP) is 3.30. The molecule has 0 bridgehead atoms. The molecule has 2 aromatic heterocycles. The van der Waals surface area contributed by atoms with Crippen LogP contribution in [0.25, 0.3) is 10.2 Å². The quantitative estimate of drug-likeness (QED) is 0.598. The molecule has 2 aromatic rings. The van der Waals surface area contributed by atoms with Crippen LogP contribution in [0.15, 0.2) is 47.0 Å². The van der Waals surface area contributed by atoms with Crippen molar-refractivity contribution in [1.29, 1.82) is 0 Å². The van der Waals surface area contributed by atoms with Gasteiger partial charge in [-0.3, -0.25) is 14.7 Å². The average molecular weight is 507 g/mol. The Bertz CT molecular complexity index is 1220. The number of hydrogen-bond acceptors (Lipinski definition) is 9. The van der Waals surface area contributed by atoms with Crippen molar-refractivity contribution in [3.8, 4) is 0 Å². The number of amides is 1. The average Bonchev–Trinajstić information content (AvgIpc) is 3.61. The summed E-state index contributed by atoms with van der Waals surface area (Å²) in [5, 5.41) is 12.3. The van der Waals surface area contributed by atoms with E-state index in [9.17, 15) is 4.79 Å². The molecule has 3 aliphatic heterocycles. The monoisotopic (exact) mass is 506 g/mol. The van der Waals surface area contributed by atoms with Gasteiger partial charge in [-0.15, -0.1) is 11.3 Å². The number of rotatable bonds is 6. The summed E-state index contributed by atoms with van der Waals surface area (Å²) in [6.07, 6.45) is 13.3. The lowest BCUT2D eigenvalue weighted by Crippen LogP contribution is -2.53. The lowest BCUT2D eigenvalue weighted by molar-refractivity contribution is -0.133. The normalized spacial score (nSPS) is 28.0. The SMILES string of the molecule is CCc1cc2c(N3CCN(C(=O)CN4CCC[C@H]4CN4N=NC5(C)C=CC=CC45)CC3)ncnc2s1. The van der Waals surface area contributed by atoms with Crippen molar-refractivity contribution in [3.05, 3.63) is 41.6 Å². The van der Waals surface area contributed by atoms with E-state index in [-0.39, 0.29) is 17.5 Å². The van der Waals surface area contributed by atoms with Crippen molar-refractivity contribution in [2.75, 3.05) is 50.7 Å². The highest BCUT2D eigenvalue weighted by Crippen LogP contribution is 2.34. The molecule has 0 N–H and O–H groups in total. The van der Waals surface area contributed by atoms with E-state index in [1.54, 1.807) is 17.7 Å². The lowest BCUT2D eigenvalue weighted by atomic mass is 9.89. The van der Waals surface area contributed by atoms with E-state index < -0.39 is 0 Å². The smallest absolute Gasteiger partial charge is 0.236 e. The predicted molar refractivity (Wildman–Crippen MR) is 142 cm³/mol. The Morgan fingerprint density at radius 2 is 2.03 bits per heavy atom. The number of nitrogens with zero attached hydrogens (tertiary/aromatic N) is 8. The van der Waals surface area contributed by atoms with Crippen LogP contribution in [-0.4, -0.2) is 94.1 Å². The summed E-state index contributed by atoms with van der Waals surface area (Å²) in [6.45, 7) is 9.61. The number of thiophene rings is 1. The first-order chi connectivity index (χ1) is 17.5. The second-order valence-corrected chi connectivity index (χ2v) is 11.5. The third kappa shape index (κ3) is 4.30. The van der Waals surface area contributed by atoms with Crippen LogP contribution in [-0.2, 0) is 11.2 Å². The maximum Gasteiger partial charge on any atom is 0.236 e. The summed E-state index contributed by atoms with van der Waals surface area (Å²) in [5.74, 6) is 1.23. The number of carbonyl (C=O) groups is 1. The minimum Gasteiger partial charge on any atom is -0.352 e. The van der Waals surface area contributed by atoms with Crippen molar-refractivity contribution in [3.63, 3.8) is 0 Å². The molecule has 2 fully saturated rings. The zero-order valence-electron chi connectivity index (χ0n) is 21.1. The number of carbonyl (C=O) groups excluding carboxylic acids is 1. The van der Waals surface area contributed by atoms with Crippen molar-refractivity contribution < 1.29 is 4.79 Å². The topological polar surface area (TPSA) is 80.5 Å². The minimum absolute atomic E-state index is 0.165. The van der Waals surface area contributed by atoms with E-state index in [2.05, 4.69) is 79.3 Å². The van der Waals surface area contributed by atoms with Crippen LogP contribution in [0.1, 0.15) is 31.6 Å². The molecule has 4 aliphatic rings. The Labute approximate surface area is 216 Å². The van der Waals surface area contributed by atoms with Gasteiger partial charge in [0, 0.05) is 37.1 Å². The highest BCUT2D eigenvalue weighted by molar-refractivity contribution is 7.18. The molecule has 6 rings (SSSR count). The van der Waals surface area contributed by atoms with Gasteiger partial charge in [0.1, 0.15) is 22.5 Å². The largest absolute Gasteiger partial charge is 0.352 e. The molecular formula is C26H34N8OS. The molecule has 0 spiro atoms. The number of piperazine rings is 1. The molecule has 5 heterocycles. The second kappa shape index (κ2) is 9.55. The number of likely N-dealkylation sites (tertiary alicyclic amines) is 1. The molecule has 190 valence electrons. The van der Waals surface area contributed by atoms with Crippen molar-refractivity contribution in [1.82, 2.24) is 24.8 Å². The third-order valence-corrected chi connectivity index (χ3v) is 9.20. The van der Waals surface area contributed by atoms with Crippen LogP contribution in [0.5, 0.6) is 0 Å². The van der Waals surface area contributed by atoms with Gasteiger partial charge in [0.05, 0.1) is 24.5 Å². The highest BCUT2D eigenvalue weighted by Gasteiger charge is 2.42. The summed E-state index contributed by atoms with van der Waals surface area (Å²) in [5.41, 5.74) is -0.274. The van der Waals surface area contributed by atoms with Gasteiger partial charge in [-0.2, -0.15) is 5.11 Å². The number of hydrogen-bond donors (Lipinski definition) is 0. The summed E-state index contributed by atoms with van der Waals surface area (Å²) in [7, 11) is 0. The van der Waals surface area contributed by atoms with E-state index in [0.29, 0.717) is 12.6 Å². The zero-order valence-corrected chi connectivity index (χ0v) is 21.9. The Hall–Kier alpha value is -2.85. The minimum atomic E-state index is -0.274. The molecule has 0 saturated carbocycles. The summed E-state index contributed by atoms with van der Waals surface area (Å²) in [6, 6.07) is 2.72. The van der Waals surface area contributed by atoms with Crippen LogP contribution in [0, 0.1) is 0 Å². The van der Waals surface area contributed by atoms with Gasteiger partial charge in [0.25, 0.3) is 0 Å². The fourth-order valence-electron chi connectivity index (χ4n) is 5.85. The molecule has 1 amide bonds. The maximum absolute atomic E-state index is 13.3. The van der Waals surface area contributed by atoms with Crippen molar-refractivity contribution in [2.45, 2.75) is 50.7 Å². The van der Waals surface area contributed by atoms with Gasteiger partial charge < -0.3 is 9.80 Å². The van der Waals surface area contributed by atoms with E-state index in [1.165, 1.54) is 4.88 Å². The fourth-order valence-corrected chi connectivity index (χ4v) is 6.78. The van der Waals surface area contributed by atoms with E-state index in [0.717, 1.165) is 74.6 Å². The summed E-state index contributed by atoms with van der Waals surface area (Å²) < 4.78 is 0. The first kappa shape index (κ1) is 23.5. The summed E-state index contributed by atoms with van der Waals surface area (Å²) >= 11 is 1.74. The Morgan fingerprint density at radius 1 is 1.17 bits per heavy atom. The highest BCUT2D eigenvalue weighted by atomic mass is 32.1. The third-order valence-electron chi connectivity index (χ3n) is 8.01.